The van der Waals surface area contributed by atoms with Crippen LogP contribution in [0.15, 0.2) is 24.3 Å². The lowest BCUT2D eigenvalue weighted by atomic mass is 9.84. The first-order valence-electron chi connectivity index (χ1n) is 14.4. The summed E-state index contributed by atoms with van der Waals surface area (Å²) >= 11 is 0. The average Bonchev–Trinajstić information content (AvgIpc) is 3.42. The molecule has 208 valence electrons. The van der Waals surface area contributed by atoms with Gasteiger partial charge in [0.15, 0.2) is 5.78 Å². The summed E-state index contributed by atoms with van der Waals surface area (Å²) in [7, 11) is 0. The van der Waals surface area contributed by atoms with E-state index < -0.39 is 23.6 Å². The van der Waals surface area contributed by atoms with E-state index in [1.165, 1.54) is 24.8 Å². The van der Waals surface area contributed by atoms with Crippen molar-refractivity contribution in [2.24, 2.45) is 5.41 Å². The number of ketones is 1. The Morgan fingerprint density at radius 3 is 2.37 bits per heavy atom. The molecule has 0 radical (unpaired) electrons. The lowest BCUT2D eigenvalue weighted by Gasteiger charge is -2.42. The van der Waals surface area contributed by atoms with Crippen molar-refractivity contribution in [2.45, 2.75) is 96.1 Å². The van der Waals surface area contributed by atoms with Crippen LogP contribution >= 0.6 is 0 Å². The van der Waals surface area contributed by atoms with Gasteiger partial charge in [-0.1, -0.05) is 39.3 Å². The Bertz CT molecular complexity index is 1020. The molecule has 1 aromatic carbocycles. The molecular weight excluding hydrogens is 482 g/mol. The van der Waals surface area contributed by atoms with E-state index >= 15 is 0 Å². The first-order chi connectivity index (χ1) is 18.2. The van der Waals surface area contributed by atoms with Crippen LogP contribution in [0.3, 0.4) is 0 Å². The summed E-state index contributed by atoms with van der Waals surface area (Å²) in [6.45, 7) is 10.7. The fourth-order valence-corrected chi connectivity index (χ4v) is 6.49. The minimum atomic E-state index is -0.792. The molecule has 1 aromatic rings. The largest absolute Gasteiger partial charge is 0.374 e. The van der Waals surface area contributed by atoms with Crippen molar-refractivity contribution in [3.63, 3.8) is 0 Å². The number of likely N-dealkylation sites (tertiary alicyclic amines) is 2. The van der Waals surface area contributed by atoms with Crippen LogP contribution in [0.25, 0.3) is 0 Å². The maximum atomic E-state index is 13.8. The standard InChI is InChI=1S/C30H43N3O5/c1-5-37-24-17-33(25-23(34)18-38-26(24)25)29(36)27(30(2,3)4)31-28(35)21-11-9-19(10-12-21)20-13-15-32(16-14-20)22-7-6-8-22/h9-12,20,22,24-27H,5-8,13-18H2,1-4H3,(H,31,35)/t24-,25+,26+,27+/m0/s1. The van der Waals surface area contributed by atoms with E-state index in [-0.39, 0.29) is 36.9 Å². The highest BCUT2D eigenvalue weighted by atomic mass is 16.6. The number of benzene rings is 1. The van der Waals surface area contributed by atoms with Gasteiger partial charge in [0.2, 0.25) is 5.91 Å². The van der Waals surface area contributed by atoms with Crippen LogP contribution in [0, 0.1) is 5.41 Å². The van der Waals surface area contributed by atoms with Gasteiger partial charge in [0, 0.05) is 18.2 Å². The molecule has 0 bridgehead atoms. The van der Waals surface area contributed by atoms with Crippen molar-refractivity contribution in [2.75, 3.05) is 32.8 Å². The van der Waals surface area contributed by atoms with Crippen LogP contribution in [-0.2, 0) is 19.1 Å². The first-order valence-corrected chi connectivity index (χ1v) is 14.4. The third kappa shape index (κ3) is 5.40. The summed E-state index contributed by atoms with van der Waals surface area (Å²) in [5.41, 5.74) is 1.26. The quantitative estimate of drug-likeness (QED) is 0.589. The van der Waals surface area contributed by atoms with E-state index in [1.54, 1.807) is 4.90 Å². The van der Waals surface area contributed by atoms with Crippen LogP contribution in [0.4, 0.5) is 0 Å². The fraction of sp³-hybridized carbons (Fsp3) is 0.700. The van der Waals surface area contributed by atoms with E-state index in [2.05, 4.69) is 22.3 Å². The smallest absolute Gasteiger partial charge is 0.251 e. The molecule has 8 heteroatoms. The topological polar surface area (TPSA) is 88.2 Å². The van der Waals surface area contributed by atoms with Gasteiger partial charge >= 0.3 is 0 Å². The second kappa shape index (κ2) is 11.1. The monoisotopic (exact) mass is 525 g/mol. The number of hydrogen-bond acceptors (Lipinski definition) is 6. The third-order valence-electron chi connectivity index (χ3n) is 8.96. The van der Waals surface area contributed by atoms with Gasteiger partial charge in [-0.25, -0.2) is 0 Å². The molecule has 2 amide bonds. The van der Waals surface area contributed by atoms with Crippen LogP contribution < -0.4 is 5.32 Å². The molecule has 4 fully saturated rings. The molecule has 0 unspecified atom stereocenters. The van der Waals surface area contributed by atoms with Gasteiger partial charge in [0.1, 0.15) is 30.9 Å². The SMILES string of the molecule is CCO[C@H]1CN(C(=O)[C@@H](NC(=O)c2ccc(C3CCN(C4CCC4)CC3)cc2)C(C)(C)C)[C@@H]2C(=O)CO[C@H]12. The summed E-state index contributed by atoms with van der Waals surface area (Å²) in [5.74, 6) is -0.133. The molecule has 1 aliphatic carbocycles. The number of hydrogen-bond donors (Lipinski definition) is 1. The Hall–Kier alpha value is -2.29. The molecule has 4 atom stereocenters. The average molecular weight is 526 g/mol. The molecule has 4 aliphatic rings. The second-order valence-corrected chi connectivity index (χ2v) is 12.5. The zero-order chi connectivity index (χ0) is 27.0. The van der Waals surface area contributed by atoms with Gasteiger partial charge in [-0.3, -0.25) is 14.4 Å². The summed E-state index contributed by atoms with van der Waals surface area (Å²) in [5, 5.41) is 2.99. The molecule has 3 aliphatic heterocycles. The second-order valence-electron chi connectivity index (χ2n) is 12.5. The minimum Gasteiger partial charge on any atom is -0.374 e. The summed E-state index contributed by atoms with van der Waals surface area (Å²) < 4.78 is 11.5. The van der Waals surface area contributed by atoms with Crippen molar-refractivity contribution >= 4 is 17.6 Å². The maximum absolute atomic E-state index is 13.8. The summed E-state index contributed by atoms with van der Waals surface area (Å²) in [4.78, 5) is 43.9. The van der Waals surface area contributed by atoms with E-state index in [9.17, 15) is 14.4 Å². The highest BCUT2D eigenvalue weighted by molar-refractivity contribution is 5.99. The number of piperidine rings is 1. The number of rotatable bonds is 7. The van der Waals surface area contributed by atoms with Crippen LogP contribution in [-0.4, -0.2) is 90.6 Å². The Morgan fingerprint density at radius 1 is 1.11 bits per heavy atom. The Balaban J connectivity index is 1.24. The van der Waals surface area contributed by atoms with Crippen molar-refractivity contribution in [1.29, 1.82) is 0 Å². The molecule has 1 saturated carbocycles. The molecule has 1 N–H and O–H groups in total. The van der Waals surface area contributed by atoms with Gasteiger partial charge < -0.3 is 24.6 Å². The lowest BCUT2D eigenvalue weighted by molar-refractivity contribution is -0.140. The van der Waals surface area contributed by atoms with Gasteiger partial charge in [0.05, 0.1) is 6.54 Å². The van der Waals surface area contributed by atoms with E-state index in [1.807, 2.05) is 39.8 Å². The molecular formula is C30H43N3O5. The third-order valence-corrected chi connectivity index (χ3v) is 8.96. The van der Waals surface area contributed by atoms with Gasteiger partial charge in [-0.2, -0.15) is 0 Å². The van der Waals surface area contributed by atoms with Crippen molar-refractivity contribution in [1.82, 2.24) is 15.1 Å². The Labute approximate surface area is 226 Å². The van der Waals surface area contributed by atoms with E-state index in [0.717, 1.165) is 32.0 Å². The lowest BCUT2D eigenvalue weighted by Crippen LogP contribution is -2.57. The number of carbonyl (C=O) groups is 3. The van der Waals surface area contributed by atoms with Gasteiger partial charge in [0.25, 0.3) is 5.91 Å². The predicted octanol–water partition coefficient (Wildman–Crippen LogP) is 3.15. The molecule has 0 spiro atoms. The molecule has 3 heterocycles. The Morgan fingerprint density at radius 2 is 1.79 bits per heavy atom. The zero-order valence-corrected chi connectivity index (χ0v) is 23.3. The number of ether oxygens (including phenoxy) is 2. The van der Waals surface area contributed by atoms with Gasteiger partial charge in [-0.05, 0) is 74.7 Å². The van der Waals surface area contributed by atoms with Crippen molar-refractivity contribution in [3.05, 3.63) is 35.4 Å². The highest BCUT2D eigenvalue weighted by Crippen LogP contribution is 2.34. The number of Topliss-reactive ketones (excluding diaryl/α,β-unsaturated/α-hetero) is 1. The summed E-state index contributed by atoms with van der Waals surface area (Å²) in [6.07, 6.45) is 5.60. The van der Waals surface area contributed by atoms with Crippen LogP contribution in [0.5, 0.6) is 0 Å². The van der Waals surface area contributed by atoms with Crippen LogP contribution in [0.1, 0.15) is 81.6 Å². The minimum absolute atomic E-state index is 0.0127. The summed E-state index contributed by atoms with van der Waals surface area (Å²) in [6, 6.07) is 7.24. The predicted molar refractivity (Wildman–Crippen MR) is 144 cm³/mol. The fourth-order valence-electron chi connectivity index (χ4n) is 6.49. The van der Waals surface area contributed by atoms with E-state index in [4.69, 9.17) is 9.47 Å². The highest BCUT2D eigenvalue weighted by Gasteiger charge is 2.54. The van der Waals surface area contributed by atoms with Crippen molar-refractivity contribution in [3.8, 4) is 0 Å². The molecule has 5 rings (SSSR count). The molecule has 38 heavy (non-hydrogen) atoms. The maximum Gasteiger partial charge on any atom is 0.251 e. The Kier molecular flexibility index (Phi) is 7.94. The number of nitrogens with zero attached hydrogens (tertiary/aromatic N) is 2. The molecule has 8 nitrogen and oxygen atoms in total. The molecule has 0 aromatic heterocycles. The van der Waals surface area contributed by atoms with Gasteiger partial charge in [-0.15, -0.1) is 0 Å². The normalized spacial score (nSPS) is 27.7. The number of fused-ring (bicyclic) bond motifs is 1. The van der Waals surface area contributed by atoms with Crippen LogP contribution in [0.2, 0.25) is 0 Å². The number of carbonyl (C=O) groups excluding carboxylic acids is 3. The number of nitrogens with one attached hydrogen (secondary N) is 1. The molecule has 3 saturated heterocycles. The van der Waals surface area contributed by atoms with Crippen molar-refractivity contribution < 1.29 is 23.9 Å². The first kappa shape index (κ1) is 27.3. The van der Waals surface area contributed by atoms with E-state index in [0.29, 0.717) is 18.1 Å². The number of amides is 2. The zero-order valence-electron chi connectivity index (χ0n) is 23.3.